The molecule has 0 radical (unpaired) electrons. The van der Waals surface area contributed by atoms with E-state index in [0.29, 0.717) is 11.3 Å². The Kier molecular flexibility index (Phi) is 5.86. The van der Waals surface area contributed by atoms with Crippen LogP contribution in [0.5, 0.6) is 5.75 Å². The first-order valence-electron chi connectivity index (χ1n) is 9.57. The molecule has 3 aromatic rings. The number of ether oxygens (including phenoxy) is 1. The van der Waals surface area contributed by atoms with Crippen LogP contribution in [-0.4, -0.2) is 33.8 Å². The minimum atomic E-state index is -0.719. The summed E-state index contributed by atoms with van der Waals surface area (Å²) >= 11 is 3.41. The molecule has 156 valence electrons. The fraction of sp³-hybridized carbons (Fsp3) is 0.125. The second-order valence-corrected chi connectivity index (χ2v) is 7.98. The minimum Gasteiger partial charge on any atom is -0.507 e. The molecular weight excluding hydrogens is 460 g/mol. The van der Waals surface area contributed by atoms with Gasteiger partial charge in [-0.25, -0.2) is 0 Å². The molecule has 1 saturated heterocycles. The van der Waals surface area contributed by atoms with Crippen LogP contribution in [0, 0.1) is 0 Å². The van der Waals surface area contributed by atoms with Crippen molar-refractivity contribution in [3.05, 3.63) is 99.8 Å². The zero-order valence-corrected chi connectivity index (χ0v) is 18.2. The van der Waals surface area contributed by atoms with E-state index in [9.17, 15) is 14.7 Å². The number of hydrogen-bond acceptors (Lipinski definition) is 5. The number of aliphatic hydroxyl groups is 1. The van der Waals surface area contributed by atoms with Gasteiger partial charge in [0.2, 0.25) is 0 Å². The van der Waals surface area contributed by atoms with E-state index in [1.807, 2.05) is 24.3 Å². The van der Waals surface area contributed by atoms with Crippen LogP contribution < -0.4 is 4.74 Å². The highest BCUT2D eigenvalue weighted by Crippen LogP contribution is 2.40. The van der Waals surface area contributed by atoms with Crippen LogP contribution in [0.1, 0.15) is 22.7 Å². The molecule has 4 rings (SSSR count). The van der Waals surface area contributed by atoms with E-state index in [2.05, 4.69) is 20.9 Å². The zero-order chi connectivity index (χ0) is 22.0. The lowest BCUT2D eigenvalue weighted by atomic mass is 9.95. The normalized spacial score (nSPS) is 17.7. The lowest BCUT2D eigenvalue weighted by Gasteiger charge is -2.25. The molecule has 2 aromatic carbocycles. The average Bonchev–Trinajstić information content (AvgIpc) is 3.05. The molecule has 0 saturated carbocycles. The van der Waals surface area contributed by atoms with Crippen LogP contribution in [0.4, 0.5) is 0 Å². The summed E-state index contributed by atoms with van der Waals surface area (Å²) in [5, 5.41) is 11.1. The second-order valence-electron chi connectivity index (χ2n) is 7.06. The third kappa shape index (κ3) is 4.09. The van der Waals surface area contributed by atoms with Gasteiger partial charge in [0.1, 0.15) is 11.5 Å². The second kappa shape index (κ2) is 8.73. The van der Waals surface area contributed by atoms with Gasteiger partial charge in [0.25, 0.3) is 11.7 Å². The highest BCUT2D eigenvalue weighted by molar-refractivity contribution is 9.10. The topological polar surface area (TPSA) is 79.7 Å². The first kappa shape index (κ1) is 20.8. The van der Waals surface area contributed by atoms with Gasteiger partial charge in [-0.2, -0.15) is 0 Å². The number of nitrogens with zero attached hydrogens (tertiary/aromatic N) is 2. The van der Waals surface area contributed by atoms with E-state index in [4.69, 9.17) is 4.74 Å². The van der Waals surface area contributed by atoms with Gasteiger partial charge in [-0.3, -0.25) is 14.6 Å². The first-order chi connectivity index (χ1) is 15.0. The van der Waals surface area contributed by atoms with Gasteiger partial charge < -0.3 is 14.7 Å². The van der Waals surface area contributed by atoms with Crippen LogP contribution in [0.15, 0.2) is 83.1 Å². The Bertz CT molecular complexity index is 1140. The largest absolute Gasteiger partial charge is 0.507 e. The molecule has 0 aliphatic carbocycles. The summed E-state index contributed by atoms with van der Waals surface area (Å²) in [5.41, 5.74) is 2.06. The number of ketones is 1. The predicted octanol–water partition coefficient (Wildman–Crippen LogP) is 4.47. The number of amides is 1. The lowest BCUT2D eigenvalue weighted by Crippen LogP contribution is -2.29. The van der Waals surface area contributed by atoms with E-state index in [0.717, 1.165) is 15.6 Å². The highest BCUT2D eigenvalue weighted by Gasteiger charge is 2.46. The Hall–Kier alpha value is -3.45. The number of rotatable bonds is 5. The van der Waals surface area contributed by atoms with E-state index >= 15 is 0 Å². The Morgan fingerprint density at radius 2 is 1.68 bits per heavy atom. The van der Waals surface area contributed by atoms with Crippen molar-refractivity contribution in [2.24, 2.45) is 0 Å². The number of methoxy groups -OCH3 is 1. The van der Waals surface area contributed by atoms with Crippen molar-refractivity contribution in [2.45, 2.75) is 12.6 Å². The number of halogens is 1. The predicted molar refractivity (Wildman–Crippen MR) is 119 cm³/mol. The number of Topliss-reactive ketones (excluding diaryl/α,β-unsaturated/α-hetero) is 1. The number of hydrogen-bond donors (Lipinski definition) is 1. The molecule has 6 nitrogen and oxygen atoms in total. The summed E-state index contributed by atoms with van der Waals surface area (Å²) < 4.78 is 6.03. The highest BCUT2D eigenvalue weighted by atomic mass is 79.9. The summed E-state index contributed by atoms with van der Waals surface area (Å²) in [6.45, 7) is 0.215. The molecular formula is C24H19BrN2O4. The smallest absolute Gasteiger partial charge is 0.295 e. The third-order valence-electron chi connectivity index (χ3n) is 5.19. The van der Waals surface area contributed by atoms with E-state index in [1.54, 1.807) is 55.9 Å². The lowest BCUT2D eigenvalue weighted by molar-refractivity contribution is -0.140. The molecule has 7 heteroatoms. The molecule has 1 atom stereocenters. The number of benzene rings is 2. The maximum atomic E-state index is 13.0. The quantitative estimate of drug-likeness (QED) is 0.332. The van der Waals surface area contributed by atoms with Gasteiger partial charge in [-0.05, 0) is 59.7 Å². The molecule has 1 aliphatic heterocycles. The van der Waals surface area contributed by atoms with E-state index in [1.165, 1.54) is 4.90 Å². The SMILES string of the molecule is COc1ccc(C(O)=C2C(=O)C(=O)N(Cc3ccncc3)C2c2ccc(Br)cc2)cc1. The minimum absolute atomic E-state index is 0.0616. The van der Waals surface area contributed by atoms with Gasteiger partial charge in [-0.1, -0.05) is 28.1 Å². The van der Waals surface area contributed by atoms with Crippen LogP contribution in [-0.2, 0) is 16.1 Å². The zero-order valence-electron chi connectivity index (χ0n) is 16.7. The van der Waals surface area contributed by atoms with Crippen molar-refractivity contribution in [3.8, 4) is 5.75 Å². The van der Waals surface area contributed by atoms with Crippen molar-refractivity contribution in [2.75, 3.05) is 7.11 Å². The van der Waals surface area contributed by atoms with Crippen molar-refractivity contribution in [1.82, 2.24) is 9.88 Å². The summed E-state index contributed by atoms with van der Waals surface area (Å²) in [7, 11) is 1.55. The number of aliphatic hydroxyl groups excluding tert-OH is 1. The van der Waals surface area contributed by atoms with Gasteiger partial charge in [-0.15, -0.1) is 0 Å². The first-order valence-corrected chi connectivity index (χ1v) is 10.4. The monoisotopic (exact) mass is 478 g/mol. The average molecular weight is 479 g/mol. The fourth-order valence-corrected chi connectivity index (χ4v) is 3.89. The van der Waals surface area contributed by atoms with Gasteiger partial charge >= 0.3 is 0 Å². The standard InChI is InChI=1S/C24H19BrN2O4/c1-31-19-8-4-17(5-9-19)22(28)20-21(16-2-6-18(25)7-3-16)27(24(30)23(20)29)14-15-10-12-26-13-11-15/h2-13,21,28H,14H2,1H3. The Morgan fingerprint density at radius 1 is 1.03 bits per heavy atom. The fourth-order valence-electron chi connectivity index (χ4n) is 3.62. The third-order valence-corrected chi connectivity index (χ3v) is 5.72. The molecule has 0 spiro atoms. The van der Waals surface area contributed by atoms with Gasteiger partial charge in [0.05, 0.1) is 18.7 Å². The van der Waals surface area contributed by atoms with Crippen molar-refractivity contribution >= 4 is 33.4 Å². The molecule has 0 bridgehead atoms. The number of aromatic nitrogens is 1. The van der Waals surface area contributed by atoms with Crippen molar-refractivity contribution in [3.63, 3.8) is 0 Å². The summed E-state index contributed by atoms with van der Waals surface area (Å²) in [5.74, 6) is -0.958. The number of likely N-dealkylation sites (tertiary alicyclic amines) is 1. The molecule has 1 aliphatic rings. The van der Waals surface area contributed by atoms with Crippen LogP contribution in [0.2, 0.25) is 0 Å². The van der Waals surface area contributed by atoms with E-state index in [-0.39, 0.29) is 17.9 Å². The molecule has 1 unspecified atom stereocenters. The van der Waals surface area contributed by atoms with Gasteiger partial charge in [0, 0.05) is 29.0 Å². The van der Waals surface area contributed by atoms with Crippen LogP contribution >= 0.6 is 15.9 Å². The molecule has 1 aromatic heterocycles. The van der Waals surface area contributed by atoms with Crippen LogP contribution in [0.25, 0.3) is 5.76 Å². The van der Waals surface area contributed by atoms with E-state index < -0.39 is 17.7 Å². The molecule has 1 fully saturated rings. The van der Waals surface area contributed by atoms with Crippen molar-refractivity contribution < 1.29 is 19.4 Å². The number of carbonyl (C=O) groups excluding carboxylic acids is 2. The Morgan fingerprint density at radius 3 is 2.29 bits per heavy atom. The Labute approximate surface area is 187 Å². The summed E-state index contributed by atoms with van der Waals surface area (Å²) in [6, 6.07) is 16.9. The van der Waals surface area contributed by atoms with Gasteiger partial charge in [0.15, 0.2) is 0 Å². The molecule has 1 N–H and O–H groups in total. The Balaban J connectivity index is 1.84. The molecule has 31 heavy (non-hydrogen) atoms. The number of pyridine rings is 1. The summed E-state index contributed by atoms with van der Waals surface area (Å²) in [6.07, 6.45) is 3.27. The molecule has 2 heterocycles. The molecule has 1 amide bonds. The maximum Gasteiger partial charge on any atom is 0.295 e. The maximum absolute atomic E-state index is 13.0. The van der Waals surface area contributed by atoms with Crippen LogP contribution in [0.3, 0.4) is 0 Å². The van der Waals surface area contributed by atoms with Crippen molar-refractivity contribution in [1.29, 1.82) is 0 Å². The summed E-state index contributed by atoms with van der Waals surface area (Å²) in [4.78, 5) is 31.5. The number of carbonyl (C=O) groups is 2.